The summed E-state index contributed by atoms with van der Waals surface area (Å²) in [7, 11) is 0. The number of rotatable bonds is 4. The maximum Gasteiger partial charge on any atom is 0.0568 e. The van der Waals surface area contributed by atoms with Gasteiger partial charge in [-0.05, 0) is 68.6 Å². The average molecular weight is 222 g/mol. The minimum atomic E-state index is 0.0293. The van der Waals surface area contributed by atoms with Crippen molar-refractivity contribution in [3.63, 3.8) is 0 Å². The molecule has 0 radical (unpaired) electrons. The fourth-order valence-corrected chi connectivity index (χ4v) is 4.69. The van der Waals surface area contributed by atoms with Crippen molar-refractivity contribution < 1.29 is 5.11 Å². The van der Waals surface area contributed by atoms with Crippen LogP contribution >= 0.6 is 0 Å². The second kappa shape index (κ2) is 4.68. The number of hydrogen-bond acceptors (Lipinski definition) is 1. The third-order valence-electron chi connectivity index (χ3n) is 5.66. The lowest BCUT2D eigenvalue weighted by atomic mass is 9.83. The third-order valence-corrected chi connectivity index (χ3v) is 5.66. The highest BCUT2D eigenvalue weighted by Gasteiger charge is 2.39. The first-order chi connectivity index (χ1) is 7.83. The number of aliphatic hydroxyl groups is 1. The van der Waals surface area contributed by atoms with Crippen molar-refractivity contribution in [2.24, 2.45) is 23.7 Å². The molecule has 0 heterocycles. The molecule has 2 bridgehead atoms. The van der Waals surface area contributed by atoms with Crippen LogP contribution in [0.4, 0.5) is 0 Å². The van der Waals surface area contributed by atoms with Crippen molar-refractivity contribution in [2.75, 3.05) is 0 Å². The second-order valence-electron chi connectivity index (χ2n) is 6.62. The molecule has 3 aliphatic carbocycles. The topological polar surface area (TPSA) is 20.2 Å². The molecule has 3 aliphatic rings. The first-order valence-corrected chi connectivity index (χ1v) is 7.51. The monoisotopic (exact) mass is 222 g/mol. The zero-order chi connectivity index (χ0) is 11.0. The van der Waals surface area contributed by atoms with Crippen molar-refractivity contribution in [3.8, 4) is 0 Å². The maximum atomic E-state index is 10.2. The fraction of sp³-hybridized carbons (Fsp3) is 1.00. The van der Waals surface area contributed by atoms with Gasteiger partial charge in [-0.15, -0.1) is 0 Å². The van der Waals surface area contributed by atoms with Gasteiger partial charge in [-0.1, -0.05) is 19.3 Å². The van der Waals surface area contributed by atoms with Crippen LogP contribution < -0.4 is 0 Å². The van der Waals surface area contributed by atoms with E-state index < -0.39 is 0 Å². The molecular weight excluding hydrogens is 196 g/mol. The third kappa shape index (κ3) is 2.16. The maximum absolute atomic E-state index is 10.2. The quantitative estimate of drug-likeness (QED) is 0.768. The van der Waals surface area contributed by atoms with Gasteiger partial charge in [-0.2, -0.15) is 0 Å². The minimum Gasteiger partial charge on any atom is -0.393 e. The van der Waals surface area contributed by atoms with Crippen LogP contribution in [0.5, 0.6) is 0 Å². The molecule has 1 nitrogen and oxygen atoms in total. The van der Waals surface area contributed by atoms with Gasteiger partial charge in [0, 0.05) is 0 Å². The van der Waals surface area contributed by atoms with Crippen LogP contribution in [-0.4, -0.2) is 11.2 Å². The van der Waals surface area contributed by atoms with Crippen LogP contribution in [-0.2, 0) is 0 Å². The number of hydrogen-bond donors (Lipinski definition) is 1. The van der Waals surface area contributed by atoms with Gasteiger partial charge in [0.1, 0.15) is 0 Å². The second-order valence-corrected chi connectivity index (χ2v) is 6.62. The molecule has 0 aromatic carbocycles. The smallest absolute Gasteiger partial charge is 0.0568 e. The minimum absolute atomic E-state index is 0.0293. The van der Waals surface area contributed by atoms with Gasteiger partial charge in [0.25, 0.3) is 0 Å². The normalized spacial score (nSPS) is 40.7. The van der Waals surface area contributed by atoms with Crippen LogP contribution in [0, 0.1) is 23.7 Å². The van der Waals surface area contributed by atoms with Gasteiger partial charge in [0.2, 0.25) is 0 Å². The van der Waals surface area contributed by atoms with Gasteiger partial charge in [-0.25, -0.2) is 0 Å². The standard InChI is InChI=1S/C15H26O/c16-15(12-3-1-2-4-12)8-7-14-10-11-5-6-13(14)9-11/h11-16H,1-10H2. The van der Waals surface area contributed by atoms with Crippen LogP contribution in [0.25, 0.3) is 0 Å². The van der Waals surface area contributed by atoms with Gasteiger partial charge in [0.05, 0.1) is 6.10 Å². The molecule has 1 heteroatoms. The molecule has 0 amide bonds. The summed E-state index contributed by atoms with van der Waals surface area (Å²) < 4.78 is 0. The highest BCUT2D eigenvalue weighted by Crippen LogP contribution is 2.50. The van der Waals surface area contributed by atoms with Crippen LogP contribution in [0.2, 0.25) is 0 Å². The molecule has 4 unspecified atom stereocenters. The summed E-state index contributed by atoms with van der Waals surface area (Å²) in [5, 5.41) is 10.2. The summed E-state index contributed by atoms with van der Waals surface area (Å²) in [5.41, 5.74) is 0. The Balaban J connectivity index is 1.42. The molecule has 0 saturated heterocycles. The van der Waals surface area contributed by atoms with E-state index in [-0.39, 0.29) is 6.10 Å². The van der Waals surface area contributed by atoms with Crippen LogP contribution in [0.15, 0.2) is 0 Å². The Bertz CT molecular complexity index is 232. The van der Waals surface area contributed by atoms with Gasteiger partial charge < -0.3 is 5.11 Å². The van der Waals surface area contributed by atoms with E-state index in [9.17, 15) is 5.11 Å². The van der Waals surface area contributed by atoms with E-state index in [1.165, 1.54) is 57.8 Å². The Kier molecular flexibility index (Phi) is 3.24. The molecule has 0 aromatic rings. The summed E-state index contributed by atoms with van der Waals surface area (Å²) in [6, 6.07) is 0. The lowest BCUT2D eigenvalue weighted by Gasteiger charge is -2.24. The van der Waals surface area contributed by atoms with Crippen molar-refractivity contribution >= 4 is 0 Å². The van der Waals surface area contributed by atoms with Crippen molar-refractivity contribution in [2.45, 2.75) is 70.3 Å². The highest BCUT2D eigenvalue weighted by atomic mass is 16.3. The van der Waals surface area contributed by atoms with E-state index in [1.807, 2.05) is 0 Å². The van der Waals surface area contributed by atoms with E-state index in [1.54, 1.807) is 0 Å². The molecule has 16 heavy (non-hydrogen) atoms. The predicted molar refractivity (Wildman–Crippen MR) is 66.1 cm³/mol. The average Bonchev–Trinajstić information content (AvgIpc) is 3.01. The zero-order valence-electron chi connectivity index (χ0n) is 10.4. The molecule has 0 aromatic heterocycles. The largest absolute Gasteiger partial charge is 0.393 e. The van der Waals surface area contributed by atoms with Crippen LogP contribution in [0.1, 0.15) is 64.2 Å². The van der Waals surface area contributed by atoms with E-state index in [0.717, 1.165) is 24.2 Å². The summed E-state index contributed by atoms with van der Waals surface area (Å²) >= 11 is 0. The lowest BCUT2D eigenvalue weighted by molar-refractivity contribution is 0.0904. The number of aliphatic hydroxyl groups excluding tert-OH is 1. The summed E-state index contributed by atoms with van der Waals surface area (Å²) in [6.45, 7) is 0. The molecule has 0 aliphatic heterocycles. The molecule has 1 N–H and O–H groups in total. The molecule has 3 fully saturated rings. The van der Waals surface area contributed by atoms with Crippen molar-refractivity contribution in [1.29, 1.82) is 0 Å². The summed E-state index contributed by atoms with van der Waals surface area (Å²) in [6.07, 6.45) is 13.7. The Hall–Kier alpha value is -0.0400. The first kappa shape index (κ1) is 11.1. The molecule has 92 valence electrons. The molecule has 4 atom stereocenters. The highest BCUT2D eigenvalue weighted by molar-refractivity contribution is 4.90. The SMILES string of the molecule is OC(CCC1CC2CCC1C2)C1CCCC1. The van der Waals surface area contributed by atoms with E-state index in [4.69, 9.17) is 0 Å². The van der Waals surface area contributed by atoms with Crippen molar-refractivity contribution in [1.82, 2.24) is 0 Å². The van der Waals surface area contributed by atoms with E-state index in [0.29, 0.717) is 5.92 Å². The fourth-order valence-electron chi connectivity index (χ4n) is 4.69. The first-order valence-electron chi connectivity index (χ1n) is 7.51. The summed E-state index contributed by atoms with van der Waals surface area (Å²) in [5.74, 6) is 3.74. The van der Waals surface area contributed by atoms with Gasteiger partial charge in [0.15, 0.2) is 0 Å². The van der Waals surface area contributed by atoms with E-state index >= 15 is 0 Å². The predicted octanol–water partition coefficient (Wildman–Crippen LogP) is 3.75. The zero-order valence-corrected chi connectivity index (χ0v) is 10.4. The Morgan fingerprint density at radius 1 is 1.00 bits per heavy atom. The van der Waals surface area contributed by atoms with Crippen molar-refractivity contribution in [3.05, 3.63) is 0 Å². The Morgan fingerprint density at radius 3 is 2.44 bits per heavy atom. The van der Waals surface area contributed by atoms with Gasteiger partial charge >= 0.3 is 0 Å². The Labute approximate surface area is 99.6 Å². The van der Waals surface area contributed by atoms with Gasteiger partial charge in [-0.3, -0.25) is 0 Å². The van der Waals surface area contributed by atoms with E-state index in [2.05, 4.69) is 0 Å². The lowest BCUT2D eigenvalue weighted by Crippen LogP contribution is -2.20. The molecule has 3 rings (SSSR count). The Morgan fingerprint density at radius 2 is 1.81 bits per heavy atom. The summed E-state index contributed by atoms with van der Waals surface area (Å²) in [4.78, 5) is 0. The van der Waals surface area contributed by atoms with Crippen LogP contribution in [0.3, 0.4) is 0 Å². The molecule has 3 saturated carbocycles. The molecular formula is C15H26O. The molecule has 0 spiro atoms. The number of fused-ring (bicyclic) bond motifs is 2.